The number of nitriles is 1. The first-order chi connectivity index (χ1) is 9.67. The Hall–Kier alpha value is -1.86. The molecule has 104 valence electrons. The second kappa shape index (κ2) is 5.26. The molecule has 1 saturated heterocycles. The fraction of sp³-hybridized carbons (Fsp3) is 0.500. The van der Waals surface area contributed by atoms with Crippen molar-refractivity contribution in [3.8, 4) is 6.07 Å². The SMILES string of the molecule is CC(C(=O)Nc1ccc(C#N)cc1)N1CC2CCC1C2. The van der Waals surface area contributed by atoms with Crippen LogP contribution in [-0.2, 0) is 4.79 Å². The highest BCUT2D eigenvalue weighted by atomic mass is 16.2. The standard InChI is InChI=1S/C16H19N3O/c1-11(19-10-13-4-7-15(19)8-13)16(20)18-14-5-2-12(9-17)3-6-14/h2-3,5-6,11,13,15H,4,7-8,10H2,1H3,(H,18,20). The minimum Gasteiger partial charge on any atom is -0.325 e. The van der Waals surface area contributed by atoms with E-state index in [-0.39, 0.29) is 11.9 Å². The van der Waals surface area contributed by atoms with Gasteiger partial charge in [-0.25, -0.2) is 0 Å². The summed E-state index contributed by atoms with van der Waals surface area (Å²) in [5, 5.41) is 11.7. The van der Waals surface area contributed by atoms with E-state index >= 15 is 0 Å². The number of carbonyl (C=O) groups excluding carboxylic acids is 1. The molecule has 4 nitrogen and oxygen atoms in total. The molecule has 1 aliphatic heterocycles. The van der Waals surface area contributed by atoms with Crippen LogP contribution in [-0.4, -0.2) is 29.4 Å². The Morgan fingerprint density at radius 3 is 2.70 bits per heavy atom. The van der Waals surface area contributed by atoms with Crippen molar-refractivity contribution in [1.82, 2.24) is 4.90 Å². The van der Waals surface area contributed by atoms with E-state index in [4.69, 9.17) is 5.26 Å². The largest absolute Gasteiger partial charge is 0.325 e. The number of nitrogens with one attached hydrogen (secondary N) is 1. The van der Waals surface area contributed by atoms with Gasteiger partial charge in [0.15, 0.2) is 0 Å². The maximum Gasteiger partial charge on any atom is 0.241 e. The molecule has 4 heteroatoms. The molecule has 1 amide bonds. The van der Waals surface area contributed by atoms with Gasteiger partial charge in [0.05, 0.1) is 17.7 Å². The number of benzene rings is 1. The molecule has 0 aromatic heterocycles. The Bertz CT molecular complexity index is 546. The van der Waals surface area contributed by atoms with Gasteiger partial charge in [-0.1, -0.05) is 0 Å². The summed E-state index contributed by atoms with van der Waals surface area (Å²) >= 11 is 0. The highest BCUT2D eigenvalue weighted by Crippen LogP contribution is 2.38. The molecule has 2 aliphatic rings. The first kappa shape index (κ1) is 13.1. The first-order valence-corrected chi connectivity index (χ1v) is 7.24. The summed E-state index contributed by atoms with van der Waals surface area (Å²) in [7, 11) is 0. The monoisotopic (exact) mass is 269 g/mol. The lowest BCUT2D eigenvalue weighted by molar-refractivity contribution is -0.121. The molecule has 0 radical (unpaired) electrons. The molecule has 1 aliphatic carbocycles. The molecule has 1 saturated carbocycles. The number of amides is 1. The van der Waals surface area contributed by atoms with Gasteiger partial charge in [-0.3, -0.25) is 9.69 Å². The summed E-state index contributed by atoms with van der Waals surface area (Å²) in [6.45, 7) is 3.05. The Morgan fingerprint density at radius 2 is 2.15 bits per heavy atom. The molecule has 1 aromatic rings. The lowest BCUT2D eigenvalue weighted by Gasteiger charge is -2.31. The molecule has 3 unspecified atom stereocenters. The van der Waals surface area contributed by atoms with E-state index in [0.29, 0.717) is 11.6 Å². The molecule has 2 fully saturated rings. The highest BCUT2D eigenvalue weighted by molar-refractivity contribution is 5.94. The van der Waals surface area contributed by atoms with Gasteiger partial charge in [0, 0.05) is 18.3 Å². The minimum atomic E-state index is -0.0825. The number of hydrogen-bond donors (Lipinski definition) is 1. The average Bonchev–Trinajstić information content (AvgIpc) is 3.10. The normalized spacial score (nSPS) is 26.2. The number of carbonyl (C=O) groups is 1. The number of anilines is 1. The molecule has 1 aromatic carbocycles. The number of piperidine rings is 1. The summed E-state index contributed by atoms with van der Waals surface area (Å²) in [5.41, 5.74) is 1.36. The van der Waals surface area contributed by atoms with Crippen LogP contribution in [0.15, 0.2) is 24.3 Å². The fourth-order valence-electron chi connectivity index (χ4n) is 3.46. The van der Waals surface area contributed by atoms with Gasteiger partial charge in [-0.05, 0) is 56.4 Å². The van der Waals surface area contributed by atoms with Crippen molar-refractivity contribution >= 4 is 11.6 Å². The zero-order valence-corrected chi connectivity index (χ0v) is 11.7. The molecule has 3 atom stereocenters. The predicted molar refractivity (Wildman–Crippen MR) is 77.1 cm³/mol. The fourth-order valence-corrected chi connectivity index (χ4v) is 3.46. The van der Waals surface area contributed by atoms with Gasteiger partial charge in [-0.2, -0.15) is 5.26 Å². The van der Waals surface area contributed by atoms with Crippen molar-refractivity contribution in [2.45, 2.75) is 38.3 Å². The third kappa shape index (κ3) is 2.41. The van der Waals surface area contributed by atoms with Crippen LogP contribution in [0.4, 0.5) is 5.69 Å². The molecule has 1 N–H and O–H groups in total. The second-order valence-electron chi connectivity index (χ2n) is 5.88. The van der Waals surface area contributed by atoms with Gasteiger partial charge in [0.2, 0.25) is 5.91 Å². The van der Waals surface area contributed by atoms with E-state index in [1.165, 1.54) is 19.3 Å². The topological polar surface area (TPSA) is 56.1 Å². The molecule has 2 bridgehead atoms. The molecular weight excluding hydrogens is 250 g/mol. The predicted octanol–water partition coefficient (Wildman–Crippen LogP) is 2.37. The van der Waals surface area contributed by atoms with Gasteiger partial charge in [-0.15, -0.1) is 0 Å². The first-order valence-electron chi connectivity index (χ1n) is 7.24. The van der Waals surface area contributed by atoms with E-state index in [9.17, 15) is 4.79 Å². The van der Waals surface area contributed by atoms with Crippen molar-refractivity contribution in [2.24, 2.45) is 5.92 Å². The molecular formula is C16H19N3O. The van der Waals surface area contributed by atoms with Crippen molar-refractivity contribution < 1.29 is 4.79 Å². The van der Waals surface area contributed by atoms with Crippen LogP contribution in [0.5, 0.6) is 0 Å². The zero-order valence-electron chi connectivity index (χ0n) is 11.7. The van der Waals surface area contributed by atoms with Gasteiger partial charge in [0.25, 0.3) is 0 Å². The summed E-state index contributed by atoms with van der Waals surface area (Å²) in [4.78, 5) is 14.7. The Balaban J connectivity index is 1.62. The minimum absolute atomic E-state index is 0.0438. The number of fused-ring (bicyclic) bond motifs is 2. The number of nitrogens with zero attached hydrogens (tertiary/aromatic N) is 2. The van der Waals surface area contributed by atoms with Crippen LogP contribution in [0.25, 0.3) is 0 Å². The van der Waals surface area contributed by atoms with Crippen LogP contribution in [0.2, 0.25) is 0 Å². The average molecular weight is 269 g/mol. The van der Waals surface area contributed by atoms with E-state index in [0.717, 1.165) is 18.2 Å². The van der Waals surface area contributed by atoms with E-state index in [2.05, 4.69) is 16.3 Å². The van der Waals surface area contributed by atoms with Gasteiger partial charge in [0.1, 0.15) is 0 Å². The zero-order chi connectivity index (χ0) is 14.1. The summed E-state index contributed by atoms with van der Waals surface area (Å²) in [5.74, 6) is 0.840. The van der Waals surface area contributed by atoms with E-state index < -0.39 is 0 Å². The number of likely N-dealkylation sites (tertiary alicyclic amines) is 1. The van der Waals surface area contributed by atoms with Gasteiger partial charge >= 0.3 is 0 Å². The van der Waals surface area contributed by atoms with E-state index in [1.54, 1.807) is 24.3 Å². The van der Waals surface area contributed by atoms with Crippen molar-refractivity contribution in [1.29, 1.82) is 5.26 Å². The third-order valence-corrected chi connectivity index (χ3v) is 4.61. The van der Waals surface area contributed by atoms with Crippen LogP contribution < -0.4 is 5.32 Å². The third-order valence-electron chi connectivity index (χ3n) is 4.61. The maximum atomic E-state index is 12.3. The number of hydrogen-bond acceptors (Lipinski definition) is 3. The molecule has 3 rings (SSSR count). The van der Waals surface area contributed by atoms with Crippen LogP contribution >= 0.6 is 0 Å². The van der Waals surface area contributed by atoms with Crippen LogP contribution in [0.1, 0.15) is 31.7 Å². The lowest BCUT2D eigenvalue weighted by atomic mass is 10.1. The van der Waals surface area contributed by atoms with Crippen molar-refractivity contribution in [2.75, 3.05) is 11.9 Å². The Labute approximate surface area is 119 Å². The smallest absolute Gasteiger partial charge is 0.241 e. The van der Waals surface area contributed by atoms with E-state index in [1.807, 2.05) is 6.92 Å². The second-order valence-corrected chi connectivity index (χ2v) is 5.88. The van der Waals surface area contributed by atoms with Crippen molar-refractivity contribution in [3.63, 3.8) is 0 Å². The number of rotatable bonds is 3. The lowest BCUT2D eigenvalue weighted by Crippen LogP contribution is -2.46. The maximum absolute atomic E-state index is 12.3. The van der Waals surface area contributed by atoms with Crippen molar-refractivity contribution in [3.05, 3.63) is 29.8 Å². The Morgan fingerprint density at radius 1 is 1.40 bits per heavy atom. The molecule has 1 heterocycles. The highest BCUT2D eigenvalue weighted by Gasteiger charge is 2.41. The summed E-state index contributed by atoms with van der Waals surface area (Å²) in [6.07, 6.45) is 3.82. The van der Waals surface area contributed by atoms with Crippen LogP contribution in [0, 0.1) is 17.2 Å². The Kier molecular flexibility index (Phi) is 3.45. The van der Waals surface area contributed by atoms with Gasteiger partial charge < -0.3 is 5.32 Å². The molecule has 20 heavy (non-hydrogen) atoms. The quantitative estimate of drug-likeness (QED) is 0.916. The summed E-state index contributed by atoms with van der Waals surface area (Å²) < 4.78 is 0. The summed E-state index contributed by atoms with van der Waals surface area (Å²) in [6, 6.07) is 9.58. The molecule has 0 spiro atoms. The van der Waals surface area contributed by atoms with Crippen LogP contribution in [0.3, 0.4) is 0 Å².